The standard InChI is InChI=1S/C26H28N6O3S2.C26H28N6OS2/c1-16(17-9-11-32(12-10-17)25-28-14-20(15-29-25)18-3-4-18)35-26-31-22-7-6-21(30-24(22)36-26)19-5-8-23(27-13-19)37(2,33)34;1-16(17-9-11-32(12-10-17)25-28-14-20(15-29-25)18-3-4-18)33-26-31-22-7-6-21(30-24(22)35-26)19-5-8-23(34-2)27-13-19/h5-8,13-18H,3-4,9-12H2,1-2H3;5-8,13-18H,3-4,9-12H2,1-2H3. The molecule has 8 aromatic heterocycles. The summed E-state index contributed by atoms with van der Waals surface area (Å²) in [6.45, 7) is 8.01. The van der Waals surface area contributed by atoms with Gasteiger partial charge in [0.1, 0.15) is 32.9 Å². The number of sulfone groups is 1. The Kier molecular flexibility index (Phi) is 14.0. The van der Waals surface area contributed by atoms with Crippen molar-refractivity contribution in [3.05, 3.63) is 96.8 Å². The van der Waals surface area contributed by atoms with Crippen molar-refractivity contribution >= 4 is 76.9 Å². The van der Waals surface area contributed by atoms with Crippen molar-refractivity contribution in [1.29, 1.82) is 0 Å². The van der Waals surface area contributed by atoms with Crippen LogP contribution in [0.2, 0.25) is 0 Å². The van der Waals surface area contributed by atoms with Gasteiger partial charge in [-0.2, -0.15) is 0 Å². The zero-order valence-electron chi connectivity index (χ0n) is 40.7. The number of hydrogen-bond acceptors (Lipinski definition) is 19. The number of thiazole rings is 2. The third-order valence-corrected chi connectivity index (χ3v) is 17.5. The van der Waals surface area contributed by atoms with Crippen LogP contribution in [0.1, 0.15) is 88.2 Å². The fraction of sp³-hybridized carbons (Fsp3) is 0.423. The first kappa shape index (κ1) is 48.3. The van der Waals surface area contributed by atoms with Crippen LogP contribution in [0.5, 0.6) is 10.4 Å². The Morgan fingerprint density at radius 2 is 1.00 bits per heavy atom. The zero-order chi connectivity index (χ0) is 49.3. The molecule has 2 unspecified atom stereocenters. The summed E-state index contributed by atoms with van der Waals surface area (Å²) in [6.07, 6.45) is 23.9. The van der Waals surface area contributed by atoms with Crippen LogP contribution < -0.4 is 19.3 Å². The van der Waals surface area contributed by atoms with Crippen LogP contribution in [-0.2, 0) is 9.84 Å². The first-order chi connectivity index (χ1) is 35.0. The van der Waals surface area contributed by atoms with E-state index in [0.717, 1.165) is 113 Å². The molecule has 16 nitrogen and oxygen atoms in total. The average Bonchev–Trinajstić information content (AvgIpc) is 4.36. The number of nitrogens with zero attached hydrogens (tertiary/aromatic N) is 12. The molecule has 8 aromatic rings. The predicted octanol–water partition coefficient (Wildman–Crippen LogP) is 10.3. The Bertz CT molecular complexity index is 3250. The van der Waals surface area contributed by atoms with Gasteiger partial charge in [0.15, 0.2) is 14.9 Å². The monoisotopic (exact) mass is 1040 g/mol. The summed E-state index contributed by atoms with van der Waals surface area (Å²) < 4.78 is 35.9. The van der Waals surface area contributed by atoms with Crippen LogP contribution >= 0.6 is 34.4 Å². The van der Waals surface area contributed by atoms with E-state index in [9.17, 15) is 8.42 Å². The number of hydrogen-bond donors (Lipinski definition) is 0. The first-order valence-corrected chi connectivity index (χ1v) is 29.4. The molecule has 72 heavy (non-hydrogen) atoms. The van der Waals surface area contributed by atoms with Gasteiger partial charge in [-0.1, -0.05) is 22.7 Å². The zero-order valence-corrected chi connectivity index (χ0v) is 43.9. The van der Waals surface area contributed by atoms with Gasteiger partial charge in [-0.3, -0.25) is 0 Å². The molecule has 20 heteroatoms. The third kappa shape index (κ3) is 11.3. The molecule has 2 atom stereocenters. The number of anilines is 2. The molecule has 4 fully saturated rings. The molecular weight excluding hydrogens is 985 g/mol. The number of pyridine rings is 4. The summed E-state index contributed by atoms with van der Waals surface area (Å²) in [5, 5.41) is 2.35. The van der Waals surface area contributed by atoms with E-state index in [4.69, 9.17) is 19.4 Å². The Balaban J connectivity index is 0.000000156. The van der Waals surface area contributed by atoms with Gasteiger partial charge >= 0.3 is 0 Å². The SMILES string of the molecule is CC(Oc1nc2ccc(-c3ccc(S(C)(=O)=O)nc3)nc2s1)C1CCN(c2ncc(C3CC3)cn2)CC1.CSc1ccc(-c2ccc3nc(OC(C)C4CCN(c5ncc(C6CC6)cn5)CC4)sc3n2)cn1. The maximum absolute atomic E-state index is 11.7. The van der Waals surface area contributed by atoms with E-state index in [1.54, 1.807) is 17.8 Å². The number of ether oxygens (including phenoxy) is 2. The summed E-state index contributed by atoms with van der Waals surface area (Å²) in [7, 11) is -3.34. The minimum absolute atomic E-state index is 0.0353. The lowest BCUT2D eigenvalue weighted by atomic mass is 9.92. The number of fused-ring (bicyclic) bond motifs is 2. The van der Waals surface area contributed by atoms with Crippen molar-refractivity contribution in [3.8, 4) is 32.9 Å². The minimum atomic E-state index is -3.34. The quantitative estimate of drug-likeness (QED) is 0.0935. The molecule has 0 spiro atoms. The highest BCUT2D eigenvalue weighted by atomic mass is 32.2. The van der Waals surface area contributed by atoms with Gasteiger partial charge in [0.25, 0.3) is 10.4 Å². The van der Waals surface area contributed by atoms with Gasteiger partial charge in [-0.05, 0) is 155 Å². The molecule has 10 heterocycles. The van der Waals surface area contributed by atoms with Crippen LogP contribution in [0, 0.1) is 11.8 Å². The fourth-order valence-corrected chi connectivity index (χ4v) is 12.0. The Hall–Kier alpha value is -5.96. The van der Waals surface area contributed by atoms with Crippen molar-refractivity contribution < 1.29 is 17.9 Å². The second-order valence-corrected chi connectivity index (χ2v) is 23.9. The summed E-state index contributed by atoms with van der Waals surface area (Å²) in [5.74, 6) is 3.96. The highest BCUT2D eigenvalue weighted by molar-refractivity contribution is 7.98. The molecule has 2 aliphatic carbocycles. The van der Waals surface area contributed by atoms with Crippen molar-refractivity contribution in [2.24, 2.45) is 11.8 Å². The average molecular weight is 1040 g/mol. The number of thioether (sulfide) groups is 1. The molecule has 0 radical (unpaired) electrons. The largest absolute Gasteiger partial charge is 0.467 e. The molecule has 2 aliphatic heterocycles. The Morgan fingerprint density at radius 3 is 1.38 bits per heavy atom. The van der Waals surface area contributed by atoms with Crippen molar-refractivity contribution in [1.82, 2.24) is 49.8 Å². The van der Waals surface area contributed by atoms with Gasteiger partial charge in [0.2, 0.25) is 11.9 Å². The van der Waals surface area contributed by atoms with Crippen LogP contribution in [0.4, 0.5) is 11.9 Å². The van der Waals surface area contributed by atoms with Gasteiger partial charge in [0.05, 0.1) is 16.4 Å². The Labute approximate surface area is 431 Å². The van der Waals surface area contributed by atoms with E-state index in [1.165, 1.54) is 71.7 Å². The lowest BCUT2D eigenvalue weighted by Crippen LogP contribution is -2.39. The maximum atomic E-state index is 11.7. The summed E-state index contributed by atoms with van der Waals surface area (Å²) >= 11 is 4.57. The minimum Gasteiger partial charge on any atom is -0.467 e. The van der Waals surface area contributed by atoms with Gasteiger partial charge in [-0.15, -0.1) is 11.8 Å². The highest BCUT2D eigenvalue weighted by Crippen LogP contribution is 2.41. The van der Waals surface area contributed by atoms with Gasteiger partial charge in [0, 0.05) is 80.7 Å². The van der Waals surface area contributed by atoms with E-state index < -0.39 is 9.84 Å². The molecule has 0 N–H and O–H groups in total. The molecule has 2 saturated carbocycles. The summed E-state index contributed by atoms with van der Waals surface area (Å²) in [4.78, 5) is 52.0. The molecule has 4 aliphatic rings. The molecule has 0 amide bonds. The second kappa shape index (κ2) is 20.9. The van der Waals surface area contributed by atoms with E-state index in [-0.39, 0.29) is 17.2 Å². The molecule has 0 aromatic carbocycles. The summed E-state index contributed by atoms with van der Waals surface area (Å²) in [5.41, 5.74) is 7.56. The van der Waals surface area contributed by atoms with Crippen LogP contribution in [-0.4, -0.2) is 109 Å². The van der Waals surface area contributed by atoms with Crippen molar-refractivity contribution in [2.75, 3.05) is 48.5 Å². The van der Waals surface area contributed by atoms with Crippen LogP contribution in [0.15, 0.2) is 95.8 Å². The predicted molar refractivity (Wildman–Crippen MR) is 284 cm³/mol. The number of rotatable bonds is 14. The van der Waals surface area contributed by atoms with Crippen LogP contribution in [0.3, 0.4) is 0 Å². The molecule has 12 rings (SSSR count). The fourth-order valence-electron chi connectivity index (χ4n) is 9.31. The lowest BCUT2D eigenvalue weighted by Gasteiger charge is -2.34. The number of aromatic nitrogens is 10. The normalized spacial score (nSPS) is 17.7. The van der Waals surface area contributed by atoms with E-state index in [2.05, 4.69) is 69.6 Å². The maximum Gasteiger partial charge on any atom is 0.276 e. The van der Waals surface area contributed by atoms with Crippen molar-refractivity contribution in [3.63, 3.8) is 0 Å². The topological polar surface area (TPSA) is 188 Å². The molecule has 372 valence electrons. The molecular formula is C52H56N12O4S4. The molecule has 0 bridgehead atoms. The second-order valence-electron chi connectivity index (χ2n) is 19.2. The molecule has 2 saturated heterocycles. The Morgan fingerprint density at radius 1 is 0.556 bits per heavy atom. The van der Waals surface area contributed by atoms with E-state index in [0.29, 0.717) is 39.8 Å². The van der Waals surface area contributed by atoms with Crippen molar-refractivity contribution in [2.45, 2.75) is 99.3 Å². The van der Waals surface area contributed by atoms with Gasteiger partial charge in [-0.25, -0.2) is 58.3 Å². The van der Waals surface area contributed by atoms with Gasteiger partial charge < -0.3 is 19.3 Å². The van der Waals surface area contributed by atoms with Crippen LogP contribution in [0.25, 0.3) is 43.2 Å². The number of piperidine rings is 2. The van der Waals surface area contributed by atoms with E-state index >= 15 is 0 Å². The first-order valence-electron chi connectivity index (χ1n) is 24.7. The highest BCUT2D eigenvalue weighted by Gasteiger charge is 2.30. The third-order valence-electron chi connectivity index (χ3n) is 14.1. The smallest absolute Gasteiger partial charge is 0.276 e. The van der Waals surface area contributed by atoms with E-state index in [1.807, 2.05) is 67.6 Å². The summed E-state index contributed by atoms with van der Waals surface area (Å²) in [6, 6.07) is 15.1. The lowest BCUT2D eigenvalue weighted by molar-refractivity contribution is 0.132.